The minimum Gasteiger partial charge on any atom is -0.395 e. The van der Waals surface area contributed by atoms with Crippen LogP contribution in [0.25, 0.3) is 0 Å². The molecular weight excluding hydrogens is 262 g/mol. The number of nitrogens with zero attached hydrogens (tertiary/aromatic N) is 2. The fourth-order valence-electron chi connectivity index (χ4n) is 1.75. The number of hydrogen-bond donors (Lipinski definition) is 2. The molecule has 2 N–H and O–H groups in total. The average molecular weight is 284 g/mol. The van der Waals surface area contributed by atoms with E-state index >= 15 is 0 Å². The van der Waals surface area contributed by atoms with Gasteiger partial charge in [-0.05, 0) is 24.6 Å². The lowest BCUT2D eigenvalue weighted by atomic mass is 10.2. The van der Waals surface area contributed by atoms with E-state index in [0.717, 1.165) is 30.9 Å². The molecule has 0 aliphatic heterocycles. The Morgan fingerprint density at radius 2 is 2.37 bits per heavy atom. The summed E-state index contributed by atoms with van der Waals surface area (Å²) in [5, 5.41) is 13.1. The number of rotatable bonds is 9. The van der Waals surface area contributed by atoms with Crippen molar-refractivity contribution in [1.29, 1.82) is 0 Å². The van der Waals surface area contributed by atoms with Gasteiger partial charge in [0.1, 0.15) is 5.82 Å². The summed E-state index contributed by atoms with van der Waals surface area (Å²) in [6.45, 7) is 8.79. The Bertz CT molecular complexity index is 398. The lowest BCUT2D eigenvalue weighted by molar-refractivity contribution is 0.302. The van der Waals surface area contributed by atoms with E-state index in [0.29, 0.717) is 18.1 Å². The van der Waals surface area contributed by atoms with E-state index in [-0.39, 0.29) is 6.61 Å². The molecule has 0 unspecified atom stereocenters. The highest BCUT2D eigenvalue weighted by atomic mass is 35.5. The number of halogens is 1. The van der Waals surface area contributed by atoms with Gasteiger partial charge in [0.15, 0.2) is 0 Å². The summed E-state index contributed by atoms with van der Waals surface area (Å²) >= 11 is 6.14. The second kappa shape index (κ2) is 8.91. The Balaban J connectivity index is 2.82. The van der Waals surface area contributed by atoms with Crippen LogP contribution in [0.1, 0.15) is 18.9 Å². The second-order valence-electron chi connectivity index (χ2n) is 4.27. The van der Waals surface area contributed by atoms with Crippen LogP contribution in [0.15, 0.2) is 24.9 Å². The van der Waals surface area contributed by atoms with Crippen molar-refractivity contribution < 1.29 is 5.11 Å². The molecule has 1 rings (SSSR count). The molecular formula is C14H22ClN3O. The zero-order chi connectivity index (χ0) is 14.1. The molecule has 0 saturated heterocycles. The number of hydrogen-bond acceptors (Lipinski definition) is 4. The highest BCUT2D eigenvalue weighted by Gasteiger charge is 2.09. The first-order chi connectivity index (χ1) is 9.22. The number of aromatic nitrogens is 1. The van der Waals surface area contributed by atoms with Crippen molar-refractivity contribution in [3.05, 3.63) is 35.5 Å². The molecule has 19 heavy (non-hydrogen) atoms. The predicted octanol–water partition coefficient (Wildman–Crippen LogP) is 2.22. The first-order valence-corrected chi connectivity index (χ1v) is 6.92. The molecule has 0 spiro atoms. The Kier molecular flexibility index (Phi) is 7.48. The van der Waals surface area contributed by atoms with Crippen molar-refractivity contribution in [3.8, 4) is 0 Å². The highest BCUT2D eigenvalue weighted by Crippen LogP contribution is 2.20. The molecule has 0 aliphatic rings. The summed E-state index contributed by atoms with van der Waals surface area (Å²) in [6.07, 6.45) is 4.54. The number of aliphatic hydroxyl groups is 1. The van der Waals surface area contributed by atoms with Gasteiger partial charge >= 0.3 is 0 Å². The van der Waals surface area contributed by atoms with E-state index in [1.165, 1.54) is 0 Å². The van der Waals surface area contributed by atoms with Crippen LogP contribution in [-0.2, 0) is 6.54 Å². The molecule has 106 valence electrons. The van der Waals surface area contributed by atoms with Gasteiger partial charge in [0.2, 0.25) is 0 Å². The quantitative estimate of drug-likeness (QED) is 0.539. The third kappa shape index (κ3) is 5.19. The van der Waals surface area contributed by atoms with E-state index in [1.807, 2.05) is 11.0 Å². The molecule has 4 nitrogen and oxygen atoms in total. The van der Waals surface area contributed by atoms with Crippen molar-refractivity contribution in [2.75, 3.05) is 31.1 Å². The van der Waals surface area contributed by atoms with Gasteiger partial charge in [-0.15, -0.1) is 6.58 Å². The van der Waals surface area contributed by atoms with Crippen LogP contribution in [-0.4, -0.2) is 36.3 Å². The van der Waals surface area contributed by atoms with E-state index in [1.54, 1.807) is 12.3 Å². The van der Waals surface area contributed by atoms with Crippen LogP contribution in [0.4, 0.5) is 5.82 Å². The van der Waals surface area contributed by atoms with Crippen molar-refractivity contribution in [2.24, 2.45) is 0 Å². The molecule has 1 aromatic heterocycles. The average Bonchev–Trinajstić information content (AvgIpc) is 2.41. The summed E-state index contributed by atoms with van der Waals surface area (Å²) in [5.41, 5.74) is 1.02. The van der Waals surface area contributed by atoms with Crippen molar-refractivity contribution >= 4 is 17.4 Å². The van der Waals surface area contributed by atoms with E-state index in [9.17, 15) is 0 Å². The van der Waals surface area contributed by atoms with Crippen molar-refractivity contribution in [1.82, 2.24) is 10.3 Å². The first-order valence-electron chi connectivity index (χ1n) is 6.54. The van der Waals surface area contributed by atoms with Gasteiger partial charge in [0.25, 0.3) is 0 Å². The van der Waals surface area contributed by atoms with Crippen LogP contribution < -0.4 is 10.2 Å². The fourth-order valence-corrected chi connectivity index (χ4v) is 1.92. The molecule has 0 fully saturated rings. The zero-order valence-corrected chi connectivity index (χ0v) is 12.2. The maximum atomic E-state index is 9.08. The lowest BCUT2D eigenvalue weighted by Crippen LogP contribution is -2.27. The zero-order valence-electron chi connectivity index (χ0n) is 11.4. The molecule has 0 amide bonds. The number of anilines is 1. The van der Waals surface area contributed by atoms with Crippen LogP contribution in [0.5, 0.6) is 0 Å². The number of nitrogens with one attached hydrogen (secondary N) is 1. The van der Waals surface area contributed by atoms with Crippen LogP contribution >= 0.6 is 11.6 Å². The van der Waals surface area contributed by atoms with Gasteiger partial charge in [0, 0.05) is 25.8 Å². The molecule has 0 saturated carbocycles. The van der Waals surface area contributed by atoms with E-state index in [2.05, 4.69) is 23.8 Å². The first kappa shape index (κ1) is 16.0. The SMILES string of the molecule is C=CCN(CCO)c1cc(CNCCC)c(Cl)cn1. The predicted molar refractivity (Wildman–Crippen MR) is 80.7 cm³/mol. The highest BCUT2D eigenvalue weighted by molar-refractivity contribution is 6.31. The maximum absolute atomic E-state index is 9.08. The van der Waals surface area contributed by atoms with Gasteiger partial charge in [-0.3, -0.25) is 0 Å². The minimum absolute atomic E-state index is 0.0849. The Morgan fingerprint density at radius 3 is 3.00 bits per heavy atom. The Hall–Kier alpha value is -1.10. The van der Waals surface area contributed by atoms with E-state index < -0.39 is 0 Å². The largest absolute Gasteiger partial charge is 0.395 e. The van der Waals surface area contributed by atoms with Gasteiger partial charge in [-0.1, -0.05) is 24.6 Å². The Morgan fingerprint density at radius 1 is 1.58 bits per heavy atom. The molecule has 1 aromatic rings. The van der Waals surface area contributed by atoms with Gasteiger partial charge in [0.05, 0.1) is 11.6 Å². The lowest BCUT2D eigenvalue weighted by Gasteiger charge is -2.22. The molecule has 5 heteroatoms. The van der Waals surface area contributed by atoms with Gasteiger partial charge in [-0.2, -0.15) is 0 Å². The molecule has 1 heterocycles. The summed E-state index contributed by atoms with van der Waals surface area (Å²) in [6, 6.07) is 1.96. The molecule has 0 aliphatic carbocycles. The Labute approximate surface area is 120 Å². The normalized spacial score (nSPS) is 10.5. The van der Waals surface area contributed by atoms with Crippen molar-refractivity contribution in [2.45, 2.75) is 19.9 Å². The summed E-state index contributed by atoms with van der Waals surface area (Å²) in [4.78, 5) is 6.28. The second-order valence-corrected chi connectivity index (χ2v) is 4.68. The summed E-state index contributed by atoms with van der Waals surface area (Å²) in [5.74, 6) is 0.812. The smallest absolute Gasteiger partial charge is 0.129 e. The fraction of sp³-hybridized carbons (Fsp3) is 0.500. The minimum atomic E-state index is 0.0849. The van der Waals surface area contributed by atoms with Crippen LogP contribution in [0.3, 0.4) is 0 Å². The monoisotopic (exact) mass is 283 g/mol. The maximum Gasteiger partial charge on any atom is 0.129 e. The standard InChI is InChI=1S/C14H22ClN3O/c1-3-5-16-10-12-9-14(17-11-13(12)15)18(6-4-2)7-8-19/h4,9,11,16,19H,2-3,5-8,10H2,1H3. The summed E-state index contributed by atoms with van der Waals surface area (Å²) < 4.78 is 0. The number of aliphatic hydroxyl groups excluding tert-OH is 1. The van der Waals surface area contributed by atoms with Gasteiger partial charge in [-0.25, -0.2) is 4.98 Å². The van der Waals surface area contributed by atoms with Crippen LogP contribution in [0.2, 0.25) is 5.02 Å². The summed E-state index contributed by atoms with van der Waals surface area (Å²) in [7, 11) is 0. The van der Waals surface area contributed by atoms with Crippen molar-refractivity contribution in [3.63, 3.8) is 0 Å². The van der Waals surface area contributed by atoms with Crippen LogP contribution in [0, 0.1) is 0 Å². The third-order valence-corrected chi connectivity index (χ3v) is 3.05. The topological polar surface area (TPSA) is 48.4 Å². The third-order valence-electron chi connectivity index (χ3n) is 2.71. The molecule has 0 bridgehead atoms. The molecule has 0 radical (unpaired) electrons. The van der Waals surface area contributed by atoms with Gasteiger partial charge < -0.3 is 15.3 Å². The van der Waals surface area contributed by atoms with E-state index in [4.69, 9.17) is 16.7 Å². The molecule has 0 aromatic carbocycles. The molecule has 0 atom stereocenters. The number of pyridine rings is 1.